The van der Waals surface area contributed by atoms with Gasteiger partial charge in [-0.1, -0.05) is 0 Å². The van der Waals surface area contributed by atoms with Gasteiger partial charge in [0.15, 0.2) is 0 Å². The summed E-state index contributed by atoms with van der Waals surface area (Å²) in [7, 11) is -0.717. The zero-order valence-electron chi connectivity index (χ0n) is 4.17. The molecule has 3 N–H and O–H groups in total. The molecule has 0 aliphatic heterocycles. The van der Waals surface area contributed by atoms with Crippen molar-refractivity contribution >= 4 is 66.8 Å². The second-order valence-electron chi connectivity index (χ2n) is 0.706. The van der Waals surface area contributed by atoms with E-state index in [-0.39, 0.29) is 0 Å². The fourth-order valence-electron chi connectivity index (χ4n) is 0. The first-order valence-electron chi connectivity index (χ1n) is 1.42. The van der Waals surface area contributed by atoms with E-state index in [2.05, 4.69) is 0 Å². The molecule has 0 aliphatic carbocycles. The third-order valence-electron chi connectivity index (χ3n) is 0.0556. The van der Waals surface area contributed by atoms with Gasteiger partial charge in [-0.3, -0.25) is 0 Å². The fraction of sp³-hybridized carbons (Fsp3) is 0. The predicted molar refractivity (Wildman–Crippen MR) is 46.5 cm³/mol. The maximum absolute atomic E-state index is 8.88. The summed E-state index contributed by atoms with van der Waals surface area (Å²) in [6, 6.07) is 0. The van der Waals surface area contributed by atoms with Gasteiger partial charge < -0.3 is 14.7 Å². The monoisotopic (exact) mass is 408 g/mol. The Balaban J connectivity index is 0. The van der Waals surface area contributed by atoms with Crippen LogP contribution in [0.3, 0.4) is 0 Å². The molecule has 58 valence electrons. The van der Waals surface area contributed by atoms with Gasteiger partial charge in [-0.25, -0.2) is 4.57 Å². The molecule has 0 fully saturated rings. The molecule has 0 amide bonds. The van der Waals surface area contributed by atoms with Crippen molar-refractivity contribution in [1.82, 2.24) is 0 Å². The van der Waals surface area contributed by atoms with Crippen LogP contribution in [-0.4, -0.2) is 57.9 Å². The van der Waals surface area contributed by atoms with Gasteiger partial charge in [0.2, 0.25) is 0 Å². The summed E-state index contributed by atoms with van der Waals surface area (Å²) < 4.78 is 8.88. The SMILES string of the molecule is O=P(O)(O)O.[SbH2][S][S][SbH2]. The maximum atomic E-state index is 8.88. The standard InChI is InChI=1S/H3O4P.S2.2Sb.4H/c1-5(2,3)4;1-2;;;;;;/h(H3,1,2,3,4);;;;;;;/q;-2;2*+1;;;;. The van der Waals surface area contributed by atoms with Crippen molar-refractivity contribution in [3.05, 3.63) is 0 Å². The number of hydrogen-bond donors (Lipinski definition) is 3. The second kappa shape index (κ2) is 8.54. The van der Waals surface area contributed by atoms with Crippen molar-refractivity contribution in [1.29, 1.82) is 0 Å². The Hall–Kier alpha value is 2.45. The Labute approximate surface area is 85.0 Å². The van der Waals surface area contributed by atoms with E-state index >= 15 is 0 Å². The van der Waals surface area contributed by atoms with Crippen molar-refractivity contribution in [3.63, 3.8) is 0 Å². The van der Waals surface area contributed by atoms with Crippen LogP contribution in [-0.2, 0) is 4.57 Å². The van der Waals surface area contributed by atoms with E-state index < -0.39 is 7.82 Å². The molecular formula is H7O4PS2Sb2. The molecule has 0 radical (unpaired) electrons. The van der Waals surface area contributed by atoms with Gasteiger partial charge in [-0.2, -0.15) is 0 Å². The molecule has 0 unspecified atom stereocenters. The third-order valence-corrected chi connectivity index (χ3v) is 22.5. The van der Waals surface area contributed by atoms with E-state index in [0.717, 1.165) is 0 Å². The molecule has 0 heterocycles. The van der Waals surface area contributed by atoms with E-state index in [1.807, 2.05) is 15.8 Å². The number of phosphoric acid groups is 1. The van der Waals surface area contributed by atoms with Crippen molar-refractivity contribution in [2.24, 2.45) is 0 Å². The molecule has 0 aliphatic rings. The first kappa shape index (κ1) is 14.0. The Bertz CT molecular complexity index is 80.3. The minimum absolute atomic E-state index is 1.35. The molecule has 0 atom stereocenters. The first-order chi connectivity index (χ1) is 3.91. The van der Waals surface area contributed by atoms with Gasteiger partial charge in [0.05, 0.1) is 0 Å². The van der Waals surface area contributed by atoms with Crippen LogP contribution in [0.25, 0.3) is 0 Å². The third kappa shape index (κ3) is 62.7. The Kier molecular flexibility index (Phi) is 13.3. The van der Waals surface area contributed by atoms with Crippen LogP contribution in [0.5, 0.6) is 0 Å². The van der Waals surface area contributed by atoms with Crippen LogP contribution >= 0.6 is 23.6 Å². The summed E-state index contributed by atoms with van der Waals surface area (Å²) in [4.78, 5) is 21.6. The molecule has 0 aromatic heterocycles. The summed E-state index contributed by atoms with van der Waals surface area (Å²) in [5.74, 6) is 0. The van der Waals surface area contributed by atoms with E-state index in [1.165, 1.54) is 43.2 Å². The number of hydrogen-bond acceptors (Lipinski definition) is 3. The van der Waals surface area contributed by atoms with Crippen molar-refractivity contribution in [2.75, 3.05) is 0 Å². The molecule has 0 aromatic carbocycles. The quantitative estimate of drug-likeness (QED) is 0.279. The number of rotatable bonds is 1. The Morgan fingerprint density at radius 2 is 1.22 bits per heavy atom. The molecule has 9 heteroatoms. The Morgan fingerprint density at radius 3 is 1.22 bits per heavy atom. The summed E-state index contributed by atoms with van der Waals surface area (Å²) in [6.07, 6.45) is 0. The average molecular weight is 410 g/mol. The predicted octanol–water partition coefficient (Wildman–Crippen LogP) is -1.46. The molecular weight excluding hydrogens is 403 g/mol. The van der Waals surface area contributed by atoms with Gasteiger partial charge in [-0.05, 0) is 0 Å². The summed E-state index contributed by atoms with van der Waals surface area (Å²) in [5.41, 5.74) is 0. The van der Waals surface area contributed by atoms with Crippen LogP contribution in [0.1, 0.15) is 0 Å². The minimum atomic E-state index is -4.64. The zero-order chi connectivity index (χ0) is 7.91. The van der Waals surface area contributed by atoms with Crippen LogP contribution in [0.4, 0.5) is 0 Å². The first-order valence-corrected chi connectivity index (χ1v) is 13.3. The molecule has 4 nitrogen and oxygen atoms in total. The van der Waals surface area contributed by atoms with Crippen molar-refractivity contribution in [2.45, 2.75) is 0 Å². The van der Waals surface area contributed by atoms with Crippen LogP contribution in [0.15, 0.2) is 0 Å². The summed E-state index contributed by atoms with van der Waals surface area (Å²) in [5, 5.41) is 0. The van der Waals surface area contributed by atoms with Gasteiger partial charge in [-0.15, -0.1) is 0 Å². The van der Waals surface area contributed by atoms with Crippen LogP contribution in [0.2, 0.25) is 0 Å². The normalized spacial score (nSPS) is 9.89. The molecule has 0 rings (SSSR count). The average Bonchev–Trinajstić information content (AvgIpc) is 1.61. The molecule has 0 saturated carbocycles. The van der Waals surface area contributed by atoms with Gasteiger partial charge >= 0.3 is 66.8 Å². The molecule has 0 bridgehead atoms. The molecule has 0 saturated heterocycles. The van der Waals surface area contributed by atoms with Crippen molar-refractivity contribution < 1.29 is 19.2 Å². The van der Waals surface area contributed by atoms with Gasteiger partial charge in [0.1, 0.15) is 0 Å². The molecule has 0 aromatic rings. The zero-order valence-corrected chi connectivity index (χ0v) is 13.3. The van der Waals surface area contributed by atoms with E-state index in [9.17, 15) is 0 Å². The Morgan fingerprint density at radius 1 is 1.11 bits per heavy atom. The van der Waals surface area contributed by atoms with Crippen LogP contribution < -0.4 is 0 Å². The van der Waals surface area contributed by atoms with E-state index in [4.69, 9.17) is 19.2 Å². The molecule has 0 spiro atoms. The summed E-state index contributed by atoms with van der Waals surface area (Å²) >= 11 is 2.70. The topological polar surface area (TPSA) is 77.8 Å². The van der Waals surface area contributed by atoms with Gasteiger partial charge in [0.25, 0.3) is 0 Å². The van der Waals surface area contributed by atoms with Crippen molar-refractivity contribution in [3.8, 4) is 0 Å². The fourth-order valence-corrected chi connectivity index (χ4v) is 0. The summed E-state index contributed by atoms with van der Waals surface area (Å²) in [6.45, 7) is 0. The second-order valence-corrected chi connectivity index (χ2v) is 13.2. The van der Waals surface area contributed by atoms with Gasteiger partial charge in [0, 0.05) is 0 Å². The van der Waals surface area contributed by atoms with E-state index in [0.29, 0.717) is 0 Å². The molecule has 9 heavy (non-hydrogen) atoms. The van der Waals surface area contributed by atoms with E-state index in [1.54, 1.807) is 0 Å². The van der Waals surface area contributed by atoms with Crippen LogP contribution in [0, 0.1) is 0 Å².